The van der Waals surface area contributed by atoms with E-state index in [0.29, 0.717) is 6.04 Å². The van der Waals surface area contributed by atoms with Gasteiger partial charge in [-0.25, -0.2) is 4.98 Å². The molecule has 1 rings (SSSR count). The predicted molar refractivity (Wildman–Crippen MR) is 56.5 cm³/mol. The van der Waals surface area contributed by atoms with Gasteiger partial charge >= 0.3 is 0 Å². The van der Waals surface area contributed by atoms with E-state index >= 15 is 0 Å². The maximum Gasteiger partial charge on any atom is 0.110 e. The highest BCUT2D eigenvalue weighted by Crippen LogP contribution is 2.23. The molecule has 0 aliphatic rings. The molecule has 4 heteroatoms. The molecule has 68 valence electrons. The maximum absolute atomic E-state index is 4.28. The first-order valence-corrected chi connectivity index (χ1v) is 5.69. The van der Waals surface area contributed by atoms with E-state index in [1.807, 2.05) is 6.20 Å². The molecular formula is C8H13BrN2S. The average Bonchev–Trinajstić information content (AvgIpc) is 2.47. The lowest BCUT2D eigenvalue weighted by atomic mass is 10.3. The number of halogens is 1. The van der Waals surface area contributed by atoms with Crippen LogP contribution in [0.1, 0.15) is 31.3 Å². The fourth-order valence-electron chi connectivity index (χ4n) is 0.915. The summed E-state index contributed by atoms with van der Waals surface area (Å²) in [5.74, 6) is 0. The Morgan fingerprint density at radius 3 is 3.00 bits per heavy atom. The van der Waals surface area contributed by atoms with E-state index in [1.54, 1.807) is 11.3 Å². The highest BCUT2D eigenvalue weighted by molar-refractivity contribution is 9.11. The third-order valence-corrected chi connectivity index (χ3v) is 3.23. The Balaban J connectivity index is 2.47. The third-order valence-electron chi connectivity index (χ3n) is 1.57. The van der Waals surface area contributed by atoms with Crippen LogP contribution in [0, 0.1) is 0 Å². The molecule has 0 saturated carbocycles. The van der Waals surface area contributed by atoms with Crippen molar-refractivity contribution in [2.75, 3.05) is 6.54 Å². The number of hydrogen-bond acceptors (Lipinski definition) is 3. The van der Waals surface area contributed by atoms with Gasteiger partial charge in [0.25, 0.3) is 0 Å². The lowest BCUT2D eigenvalue weighted by Gasteiger charge is -2.08. The third kappa shape index (κ3) is 2.84. The maximum atomic E-state index is 4.28. The smallest absolute Gasteiger partial charge is 0.110 e. The lowest BCUT2D eigenvalue weighted by Crippen LogP contribution is -2.18. The van der Waals surface area contributed by atoms with Crippen LogP contribution in [0.3, 0.4) is 0 Å². The SMILES string of the molecule is CCCNC(C)c1ncc(Br)s1. The van der Waals surface area contributed by atoms with Gasteiger partial charge in [0, 0.05) is 0 Å². The molecule has 1 N–H and O–H groups in total. The lowest BCUT2D eigenvalue weighted by molar-refractivity contribution is 0.568. The quantitative estimate of drug-likeness (QED) is 0.887. The summed E-state index contributed by atoms with van der Waals surface area (Å²) in [4.78, 5) is 4.28. The van der Waals surface area contributed by atoms with Gasteiger partial charge in [0.05, 0.1) is 16.0 Å². The second-order valence-electron chi connectivity index (χ2n) is 2.68. The van der Waals surface area contributed by atoms with E-state index in [0.717, 1.165) is 21.8 Å². The zero-order valence-electron chi connectivity index (χ0n) is 7.30. The summed E-state index contributed by atoms with van der Waals surface area (Å²) in [5.41, 5.74) is 0. The molecule has 0 radical (unpaired) electrons. The summed E-state index contributed by atoms with van der Waals surface area (Å²) in [6.07, 6.45) is 3.01. The van der Waals surface area contributed by atoms with Crippen LogP contribution in [0.25, 0.3) is 0 Å². The van der Waals surface area contributed by atoms with Crippen molar-refractivity contribution in [2.45, 2.75) is 26.3 Å². The summed E-state index contributed by atoms with van der Waals surface area (Å²) in [6, 6.07) is 0.376. The summed E-state index contributed by atoms with van der Waals surface area (Å²) in [7, 11) is 0. The first kappa shape index (κ1) is 10.2. The Kier molecular flexibility index (Phi) is 4.18. The van der Waals surface area contributed by atoms with Gasteiger partial charge in [-0.05, 0) is 35.8 Å². The first-order valence-electron chi connectivity index (χ1n) is 4.08. The molecule has 0 aliphatic carbocycles. The Hall–Kier alpha value is 0.0700. The number of thiazole rings is 1. The summed E-state index contributed by atoms with van der Waals surface area (Å²) in [6.45, 7) is 5.36. The Morgan fingerprint density at radius 1 is 1.75 bits per heavy atom. The van der Waals surface area contributed by atoms with Crippen LogP contribution in [-0.4, -0.2) is 11.5 Å². The topological polar surface area (TPSA) is 24.9 Å². The van der Waals surface area contributed by atoms with Gasteiger partial charge in [0.2, 0.25) is 0 Å². The fraction of sp³-hybridized carbons (Fsp3) is 0.625. The molecule has 0 fully saturated rings. The largest absolute Gasteiger partial charge is 0.308 e. The van der Waals surface area contributed by atoms with Crippen LogP contribution in [0.15, 0.2) is 9.98 Å². The van der Waals surface area contributed by atoms with Gasteiger partial charge in [-0.1, -0.05) is 6.92 Å². The van der Waals surface area contributed by atoms with Gasteiger partial charge in [-0.3, -0.25) is 0 Å². The van der Waals surface area contributed by atoms with Crippen LogP contribution in [0.5, 0.6) is 0 Å². The van der Waals surface area contributed by atoms with E-state index in [-0.39, 0.29) is 0 Å². The first-order chi connectivity index (χ1) is 5.74. The number of nitrogens with one attached hydrogen (secondary N) is 1. The highest BCUT2D eigenvalue weighted by Gasteiger charge is 2.07. The minimum absolute atomic E-state index is 0.376. The summed E-state index contributed by atoms with van der Waals surface area (Å²) in [5, 5.41) is 4.54. The van der Waals surface area contributed by atoms with Crippen molar-refractivity contribution >= 4 is 27.3 Å². The number of nitrogens with zero attached hydrogens (tertiary/aromatic N) is 1. The van der Waals surface area contributed by atoms with Crippen molar-refractivity contribution in [1.29, 1.82) is 0 Å². The molecule has 0 bridgehead atoms. The van der Waals surface area contributed by atoms with Crippen molar-refractivity contribution in [3.05, 3.63) is 15.0 Å². The molecule has 0 saturated heterocycles. The minimum atomic E-state index is 0.376. The van der Waals surface area contributed by atoms with Gasteiger partial charge in [-0.2, -0.15) is 0 Å². The van der Waals surface area contributed by atoms with E-state index in [4.69, 9.17) is 0 Å². The Morgan fingerprint density at radius 2 is 2.50 bits per heavy atom. The van der Waals surface area contributed by atoms with E-state index < -0.39 is 0 Å². The minimum Gasteiger partial charge on any atom is -0.308 e. The van der Waals surface area contributed by atoms with E-state index in [1.165, 1.54) is 0 Å². The standard InChI is InChI=1S/C8H13BrN2S/c1-3-4-10-6(2)8-11-5-7(9)12-8/h5-6,10H,3-4H2,1-2H3. The summed E-state index contributed by atoms with van der Waals surface area (Å²) < 4.78 is 1.10. The van der Waals surface area contributed by atoms with Crippen LogP contribution in [0.4, 0.5) is 0 Å². The molecule has 1 unspecified atom stereocenters. The van der Waals surface area contributed by atoms with Crippen molar-refractivity contribution in [1.82, 2.24) is 10.3 Å². The van der Waals surface area contributed by atoms with Crippen LogP contribution >= 0.6 is 27.3 Å². The molecule has 1 aromatic rings. The normalized spacial score (nSPS) is 13.2. The fourth-order valence-corrected chi connectivity index (χ4v) is 2.19. The van der Waals surface area contributed by atoms with Crippen LogP contribution in [0.2, 0.25) is 0 Å². The van der Waals surface area contributed by atoms with Crippen molar-refractivity contribution in [3.63, 3.8) is 0 Å². The predicted octanol–water partition coefficient (Wildman–Crippen LogP) is 2.97. The monoisotopic (exact) mass is 248 g/mol. The second kappa shape index (κ2) is 4.94. The van der Waals surface area contributed by atoms with Crippen molar-refractivity contribution < 1.29 is 0 Å². The van der Waals surface area contributed by atoms with Crippen molar-refractivity contribution in [2.24, 2.45) is 0 Å². The zero-order valence-corrected chi connectivity index (χ0v) is 9.70. The highest BCUT2D eigenvalue weighted by atomic mass is 79.9. The number of rotatable bonds is 4. The zero-order chi connectivity index (χ0) is 8.97. The molecule has 1 heterocycles. The van der Waals surface area contributed by atoms with Gasteiger partial charge in [-0.15, -0.1) is 11.3 Å². The van der Waals surface area contributed by atoms with Crippen LogP contribution in [-0.2, 0) is 0 Å². The molecule has 1 atom stereocenters. The van der Waals surface area contributed by atoms with Gasteiger partial charge < -0.3 is 5.32 Å². The molecule has 2 nitrogen and oxygen atoms in total. The Labute approximate surface area is 85.5 Å². The molecular weight excluding hydrogens is 236 g/mol. The van der Waals surface area contributed by atoms with Gasteiger partial charge in [0.1, 0.15) is 5.01 Å². The average molecular weight is 249 g/mol. The molecule has 12 heavy (non-hydrogen) atoms. The van der Waals surface area contributed by atoms with Crippen LogP contribution < -0.4 is 5.32 Å². The van der Waals surface area contributed by atoms with E-state index in [9.17, 15) is 0 Å². The van der Waals surface area contributed by atoms with Gasteiger partial charge in [0.15, 0.2) is 0 Å². The summed E-state index contributed by atoms with van der Waals surface area (Å²) >= 11 is 5.09. The van der Waals surface area contributed by atoms with Crippen molar-refractivity contribution in [3.8, 4) is 0 Å². The molecule has 0 amide bonds. The second-order valence-corrected chi connectivity index (χ2v) is 5.12. The Bertz CT molecular complexity index is 237. The molecule has 0 spiro atoms. The molecule has 0 aromatic carbocycles. The number of aromatic nitrogens is 1. The number of hydrogen-bond donors (Lipinski definition) is 1. The molecule has 0 aliphatic heterocycles. The van der Waals surface area contributed by atoms with E-state index in [2.05, 4.69) is 40.1 Å². The molecule has 1 aromatic heterocycles.